The number of carbonyl (C=O) groups is 1. The number of H-pyrrole nitrogens is 1. The minimum Gasteiger partial charge on any atom is -0.480 e. The molecule has 3 rings (SSSR count). The smallest absolute Gasteiger partial charge is 0.322 e. The topological polar surface area (TPSA) is 129 Å². The van der Waals surface area contributed by atoms with Crippen LogP contribution < -0.4 is 10.3 Å². The van der Waals surface area contributed by atoms with E-state index in [2.05, 4.69) is 14.7 Å². The molecule has 9 heteroatoms. The zero-order chi connectivity index (χ0) is 23.1. The maximum atomic E-state index is 13.2. The molecule has 1 heterocycles. The Bertz CT molecular complexity index is 1330. The standard InChI is InChI=1S/C22H25N3O5S/c1-11-12(2)14(4)20(15(5)13(11)3)31(29,30)25-18(22(27)28)10-19-23-17-9-7-6-8-16(17)21(26)24-19/h6-9,18,25H,10H2,1-5H3,(H,27,28)(H,23,24,26)/t18-/m0/s1. The van der Waals surface area contributed by atoms with Crippen LogP contribution in [0, 0.1) is 34.6 Å². The summed E-state index contributed by atoms with van der Waals surface area (Å²) in [6.45, 7) is 9.03. The van der Waals surface area contributed by atoms with Crippen molar-refractivity contribution in [1.29, 1.82) is 0 Å². The molecule has 31 heavy (non-hydrogen) atoms. The first-order chi connectivity index (χ1) is 14.4. The number of carboxylic acids is 1. The Kier molecular flexibility index (Phi) is 6.02. The van der Waals surface area contributed by atoms with Crippen molar-refractivity contribution in [2.75, 3.05) is 0 Å². The van der Waals surface area contributed by atoms with E-state index in [1.54, 1.807) is 38.1 Å². The first kappa shape index (κ1) is 22.6. The highest BCUT2D eigenvalue weighted by molar-refractivity contribution is 7.89. The monoisotopic (exact) mass is 443 g/mol. The summed E-state index contributed by atoms with van der Waals surface area (Å²) in [7, 11) is -4.15. The number of hydrogen-bond acceptors (Lipinski definition) is 5. The molecule has 0 saturated heterocycles. The fourth-order valence-corrected chi connectivity index (χ4v) is 5.51. The van der Waals surface area contributed by atoms with E-state index in [-0.39, 0.29) is 17.1 Å². The van der Waals surface area contributed by atoms with Crippen molar-refractivity contribution in [1.82, 2.24) is 14.7 Å². The summed E-state index contributed by atoms with van der Waals surface area (Å²) in [6.07, 6.45) is -0.309. The van der Waals surface area contributed by atoms with Gasteiger partial charge >= 0.3 is 5.97 Å². The summed E-state index contributed by atoms with van der Waals surface area (Å²) in [6, 6.07) is 5.15. The third-order valence-corrected chi connectivity index (χ3v) is 7.60. The first-order valence-corrected chi connectivity index (χ1v) is 11.2. The number of aliphatic carboxylic acids is 1. The second-order valence-corrected chi connectivity index (χ2v) is 9.35. The molecule has 2 aromatic carbocycles. The van der Waals surface area contributed by atoms with Gasteiger partial charge in [0.15, 0.2) is 0 Å². The van der Waals surface area contributed by atoms with E-state index in [1.165, 1.54) is 0 Å². The molecule has 8 nitrogen and oxygen atoms in total. The quantitative estimate of drug-likeness (QED) is 0.537. The van der Waals surface area contributed by atoms with Crippen molar-refractivity contribution in [3.8, 4) is 0 Å². The number of carboxylic acid groups (broad SMARTS) is 1. The minimum atomic E-state index is -4.15. The minimum absolute atomic E-state index is 0.0827. The molecule has 3 N–H and O–H groups in total. The molecule has 0 fully saturated rings. The van der Waals surface area contributed by atoms with Crippen molar-refractivity contribution < 1.29 is 18.3 Å². The maximum absolute atomic E-state index is 13.2. The van der Waals surface area contributed by atoms with Crippen LogP contribution in [0.2, 0.25) is 0 Å². The van der Waals surface area contributed by atoms with Crippen LogP contribution in [-0.2, 0) is 21.2 Å². The Morgan fingerprint density at radius 3 is 2.16 bits per heavy atom. The van der Waals surface area contributed by atoms with Gasteiger partial charge in [0.1, 0.15) is 11.9 Å². The van der Waals surface area contributed by atoms with Gasteiger partial charge in [0, 0.05) is 6.42 Å². The molecule has 0 aliphatic carbocycles. The molecule has 0 saturated carbocycles. The molecule has 0 spiro atoms. The van der Waals surface area contributed by atoms with Gasteiger partial charge in [-0.15, -0.1) is 0 Å². The molecule has 164 valence electrons. The van der Waals surface area contributed by atoms with Gasteiger partial charge < -0.3 is 10.1 Å². The lowest BCUT2D eigenvalue weighted by molar-refractivity contribution is -0.139. The van der Waals surface area contributed by atoms with Crippen LogP contribution in [0.15, 0.2) is 34.0 Å². The second kappa shape index (κ2) is 8.24. The number of aromatic nitrogens is 2. The number of aromatic amines is 1. The molecule has 0 amide bonds. The Hall–Kier alpha value is -3.04. The van der Waals surface area contributed by atoms with Crippen LogP contribution in [0.4, 0.5) is 0 Å². The molecule has 3 aromatic rings. The third-order valence-electron chi connectivity index (χ3n) is 5.85. The Balaban J connectivity index is 2.01. The molecule has 0 unspecified atom stereocenters. The van der Waals surface area contributed by atoms with Crippen molar-refractivity contribution in [2.24, 2.45) is 0 Å². The van der Waals surface area contributed by atoms with Gasteiger partial charge in [-0.25, -0.2) is 13.4 Å². The normalized spacial score (nSPS) is 12.8. The van der Waals surface area contributed by atoms with Crippen molar-refractivity contribution >= 4 is 26.9 Å². The van der Waals surface area contributed by atoms with Crippen LogP contribution in [-0.4, -0.2) is 35.5 Å². The van der Waals surface area contributed by atoms with E-state index in [0.29, 0.717) is 22.0 Å². The summed E-state index contributed by atoms with van der Waals surface area (Å²) in [5, 5.41) is 10.0. The van der Waals surface area contributed by atoms with E-state index >= 15 is 0 Å². The average Bonchev–Trinajstić information content (AvgIpc) is 2.70. The largest absolute Gasteiger partial charge is 0.480 e. The van der Waals surface area contributed by atoms with E-state index < -0.39 is 27.6 Å². The zero-order valence-electron chi connectivity index (χ0n) is 18.0. The highest BCUT2D eigenvalue weighted by atomic mass is 32.2. The number of nitrogens with zero attached hydrogens (tertiary/aromatic N) is 1. The van der Waals surface area contributed by atoms with E-state index in [0.717, 1.165) is 16.7 Å². The summed E-state index contributed by atoms with van der Waals surface area (Å²) in [5.74, 6) is -1.28. The molecule has 0 radical (unpaired) electrons. The summed E-state index contributed by atoms with van der Waals surface area (Å²) in [5.41, 5.74) is 3.84. The molecule has 0 aliphatic rings. The Morgan fingerprint density at radius 1 is 1.03 bits per heavy atom. The maximum Gasteiger partial charge on any atom is 0.322 e. The predicted molar refractivity (Wildman–Crippen MR) is 118 cm³/mol. The summed E-state index contributed by atoms with van der Waals surface area (Å²) >= 11 is 0. The van der Waals surface area contributed by atoms with Gasteiger partial charge in [0.05, 0.1) is 15.8 Å². The highest BCUT2D eigenvalue weighted by Crippen LogP contribution is 2.29. The van der Waals surface area contributed by atoms with Crippen LogP contribution in [0.3, 0.4) is 0 Å². The third kappa shape index (κ3) is 4.24. The summed E-state index contributed by atoms with van der Waals surface area (Å²) < 4.78 is 28.7. The lowest BCUT2D eigenvalue weighted by Gasteiger charge is -2.21. The van der Waals surface area contributed by atoms with Crippen molar-refractivity contribution in [3.05, 3.63) is 68.3 Å². The van der Waals surface area contributed by atoms with Crippen LogP contribution in [0.1, 0.15) is 33.6 Å². The summed E-state index contributed by atoms with van der Waals surface area (Å²) in [4.78, 5) is 31.1. The van der Waals surface area contributed by atoms with Crippen LogP contribution >= 0.6 is 0 Å². The van der Waals surface area contributed by atoms with E-state index in [4.69, 9.17) is 0 Å². The molecule has 0 aliphatic heterocycles. The van der Waals surface area contributed by atoms with Crippen molar-refractivity contribution in [3.63, 3.8) is 0 Å². The number of benzene rings is 2. The highest BCUT2D eigenvalue weighted by Gasteiger charge is 2.30. The van der Waals surface area contributed by atoms with Crippen LogP contribution in [0.5, 0.6) is 0 Å². The van der Waals surface area contributed by atoms with Gasteiger partial charge in [-0.3, -0.25) is 9.59 Å². The number of sulfonamides is 1. The molecule has 0 bridgehead atoms. The zero-order valence-corrected chi connectivity index (χ0v) is 18.8. The SMILES string of the molecule is Cc1c(C)c(C)c(S(=O)(=O)N[C@@H](Cc2nc3ccccc3c(=O)[nH]2)C(=O)O)c(C)c1C. The van der Waals surface area contributed by atoms with E-state index in [1.807, 2.05) is 20.8 Å². The lowest BCUT2D eigenvalue weighted by atomic mass is 9.95. The fraction of sp³-hybridized carbons (Fsp3) is 0.318. The molecule has 1 aromatic heterocycles. The molecular weight excluding hydrogens is 418 g/mol. The first-order valence-electron chi connectivity index (χ1n) is 9.74. The fourth-order valence-electron chi connectivity index (χ4n) is 3.72. The average molecular weight is 444 g/mol. The number of rotatable bonds is 6. The molecular formula is C22H25N3O5S. The number of hydrogen-bond donors (Lipinski definition) is 3. The number of para-hydroxylation sites is 1. The van der Waals surface area contributed by atoms with E-state index in [9.17, 15) is 23.1 Å². The van der Waals surface area contributed by atoms with Gasteiger partial charge in [-0.2, -0.15) is 4.72 Å². The molecule has 1 atom stereocenters. The van der Waals surface area contributed by atoms with Crippen molar-refractivity contribution in [2.45, 2.75) is 52.0 Å². The Labute approximate surface area is 180 Å². The van der Waals surface area contributed by atoms with Gasteiger partial charge in [0.25, 0.3) is 5.56 Å². The Morgan fingerprint density at radius 2 is 1.58 bits per heavy atom. The second-order valence-electron chi connectivity index (χ2n) is 7.70. The number of nitrogens with one attached hydrogen (secondary N) is 2. The van der Waals surface area contributed by atoms with Gasteiger partial charge in [-0.1, -0.05) is 12.1 Å². The lowest BCUT2D eigenvalue weighted by Crippen LogP contribution is -2.43. The predicted octanol–water partition coefficient (Wildman–Crippen LogP) is 2.44. The number of fused-ring (bicyclic) bond motifs is 1. The van der Waals surface area contributed by atoms with Crippen LogP contribution in [0.25, 0.3) is 10.9 Å². The van der Waals surface area contributed by atoms with Gasteiger partial charge in [-0.05, 0) is 74.6 Å². The van der Waals surface area contributed by atoms with Gasteiger partial charge in [0.2, 0.25) is 10.0 Å².